The highest BCUT2D eigenvalue weighted by Gasteiger charge is 2.14. The Hall–Kier alpha value is -4.46. The molecule has 0 saturated carbocycles. The standard InChI is InChI=1S/C38H26S/c1-2-9-25(10-3-1)35-23-29-12-5-6-15-32(29)34-20-19-28(22-36(34)35)27-13-8-14-30(21-27)37-24-31-18-17-26-11-4-7-16-33(26)38(31)39-37/h1-2,4-9,11-24H,3,10H2. The van der Waals surface area contributed by atoms with Gasteiger partial charge in [0.15, 0.2) is 0 Å². The lowest BCUT2D eigenvalue weighted by molar-refractivity contribution is 1.06. The topological polar surface area (TPSA) is 0 Å². The summed E-state index contributed by atoms with van der Waals surface area (Å²) < 4.78 is 1.37. The van der Waals surface area contributed by atoms with Gasteiger partial charge >= 0.3 is 0 Å². The first-order chi connectivity index (χ1) is 19.3. The Morgan fingerprint density at radius 2 is 1.31 bits per heavy atom. The summed E-state index contributed by atoms with van der Waals surface area (Å²) in [7, 11) is 0. The highest BCUT2D eigenvalue weighted by molar-refractivity contribution is 7.23. The van der Waals surface area contributed by atoms with Gasteiger partial charge in [0.2, 0.25) is 0 Å². The fourth-order valence-corrected chi connectivity index (χ4v) is 7.33. The van der Waals surface area contributed by atoms with Crippen molar-refractivity contribution in [2.24, 2.45) is 0 Å². The molecule has 0 radical (unpaired) electrons. The minimum atomic E-state index is 1.09. The monoisotopic (exact) mass is 514 g/mol. The van der Waals surface area contributed by atoms with Crippen LogP contribution in [0.2, 0.25) is 0 Å². The summed E-state index contributed by atoms with van der Waals surface area (Å²) in [6.07, 6.45) is 8.96. The summed E-state index contributed by atoms with van der Waals surface area (Å²) >= 11 is 1.90. The maximum atomic E-state index is 2.41. The van der Waals surface area contributed by atoms with E-state index in [0.29, 0.717) is 0 Å². The minimum Gasteiger partial charge on any atom is -0.135 e. The average Bonchev–Trinajstić information content (AvgIpc) is 3.46. The van der Waals surface area contributed by atoms with Crippen molar-refractivity contribution in [2.45, 2.75) is 12.8 Å². The van der Waals surface area contributed by atoms with Gasteiger partial charge in [0.05, 0.1) is 0 Å². The molecule has 184 valence electrons. The van der Waals surface area contributed by atoms with Crippen LogP contribution < -0.4 is 0 Å². The highest BCUT2D eigenvalue weighted by Crippen LogP contribution is 2.40. The first-order valence-electron chi connectivity index (χ1n) is 13.7. The van der Waals surface area contributed by atoms with Gasteiger partial charge in [0, 0.05) is 9.58 Å². The van der Waals surface area contributed by atoms with Gasteiger partial charge in [-0.2, -0.15) is 0 Å². The summed E-state index contributed by atoms with van der Waals surface area (Å²) in [4.78, 5) is 1.31. The van der Waals surface area contributed by atoms with Crippen molar-refractivity contribution in [3.05, 3.63) is 139 Å². The second kappa shape index (κ2) is 9.08. The molecular formula is C38H26S. The fourth-order valence-electron chi connectivity index (χ4n) is 6.14. The molecule has 0 atom stereocenters. The van der Waals surface area contributed by atoms with Crippen LogP contribution in [0.1, 0.15) is 18.4 Å². The number of hydrogen-bond acceptors (Lipinski definition) is 1. The van der Waals surface area contributed by atoms with Crippen molar-refractivity contribution in [1.82, 2.24) is 0 Å². The molecule has 0 bridgehead atoms. The smallest absolute Gasteiger partial charge is 0.0427 e. The van der Waals surface area contributed by atoms with E-state index in [-0.39, 0.29) is 0 Å². The van der Waals surface area contributed by atoms with Gasteiger partial charge in [-0.1, -0.05) is 109 Å². The first kappa shape index (κ1) is 22.5. The molecule has 0 spiro atoms. The van der Waals surface area contributed by atoms with E-state index in [2.05, 4.69) is 133 Å². The maximum absolute atomic E-state index is 2.41. The third-order valence-corrected chi connectivity index (χ3v) is 9.34. The quantitative estimate of drug-likeness (QED) is 0.206. The highest BCUT2D eigenvalue weighted by atomic mass is 32.1. The molecule has 1 heteroatoms. The SMILES string of the molecule is C1=CCCC(c2cc3ccccc3c3ccc(-c4cccc(-c5cc6ccc7ccccc7c6s5)c4)cc23)=C1. The third kappa shape index (κ3) is 3.81. The summed E-state index contributed by atoms with van der Waals surface area (Å²) in [6, 6.07) is 42.8. The van der Waals surface area contributed by atoms with E-state index in [1.54, 1.807) is 0 Å². The van der Waals surface area contributed by atoms with Crippen LogP contribution in [0.3, 0.4) is 0 Å². The summed E-state index contributed by atoms with van der Waals surface area (Å²) in [5.74, 6) is 0. The van der Waals surface area contributed by atoms with Gasteiger partial charge in [-0.15, -0.1) is 11.3 Å². The average molecular weight is 515 g/mol. The number of allylic oxidation sites excluding steroid dienone is 4. The van der Waals surface area contributed by atoms with Crippen LogP contribution in [-0.4, -0.2) is 0 Å². The van der Waals surface area contributed by atoms with Crippen LogP contribution in [0.25, 0.3) is 69.5 Å². The zero-order valence-electron chi connectivity index (χ0n) is 21.5. The number of thiophene rings is 1. The molecule has 1 aliphatic rings. The van der Waals surface area contributed by atoms with Crippen LogP contribution in [0.4, 0.5) is 0 Å². The zero-order valence-corrected chi connectivity index (χ0v) is 22.3. The molecule has 39 heavy (non-hydrogen) atoms. The molecule has 8 rings (SSSR count). The van der Waals surface area contributed by atoms with Gasteiger partial charge in [-0.3, -0.25) is 0 Å². The van der Waals surface area contributed by atoms with Gasteiger partial charge in [-0.25, -0.2) is 0 Å². The molecule has 1 aromatic heterocycles. The Balaban J connectivity index is 1.28. The van der Waals surface area contributed by atoms with Crippen LogP contribution >= 0.6 is 11.3 Å². The minimum absolute atomic E-state index is 1.09. The van der Waals surface area contributed by atoms with Crippen molar-refractivity contribution in [3.63, 3.8) is 0 Å². The zero-order chi connectivity index (χ0) is 25.8. The van der Waals surface area contributed by atoms with E-state index in [9.17, 15) is 0 Å². The summed E-state index contributed by atoms with van der Waals surface area (Å²) in [5.41, 5.74) is 6.59. The van der Waals surface area contributed by atoms with Crippen molar-refractivity contribution < 1.29 is 0 Å². The molecule has 0 unspecified atom stereocenters. The van der Waals surface area contributed by atoms with Crippen LogP contribution in [0.5, 0.6) is 0 Å². The van der Waals surface area contributed by atoms with Crippen molar-refractivity contribution in [1.29, 1.82) is 0 Å². The molecule has 0 fully saturated rings. The van der Waals surface area contributed by atoms with Gasteiger partial charge in [-0.05, 0) is 103 Å². The van der Waals surface area contributed by atoms with Crippen LogP contribution in [0, 0.1) is 0 Å². The molecule has 0 nitrogen and oxygen atoms in total. The van der Waals surface area contributed by atoms with Gasteiger partial charge in [0.1, 0.15) is 0 Å². The van der Waals surface area contributed by atoms with Crippen molar-refractivity contribution in [3.8, 4) is 21.6 Å². The predicted octanol–water partition coefficient (Wildman–Crippen LogP) is 11.4. The molecule has 0 aliphatic heterocycles. The normalized spacial score (nSPS) is 13.5. The molecule has 0 N–H and O–H groups in total. The largest absolute Gasteiger partial charge is 0.135 e. The lowest BCUT2D eigenvalue weighted by Crippen LogP contribution is -1.92. The number of hydrogen-bond donors (Lipinski definition) is 0. The molecule has 1 aliphatic carbocycles. The van der Waals surface area contributed by atoms with E-state index < -0.39 is 0 Å². The number of fused-ring (bicyclic) bond motifs is 6. The Morgan fingerprint density at radius 3 is 2.21 bits per heavy atom. The van der Waals surface area contributed by atoms with Gasteiger partial charge in [0.25, 0.3) is 0 Å². The lowest BCUT2D eigenvalue weighted by atomic mass is 9.88. The van der Waals surface area contributed by atoms with E-state index in [1.807, 2.05) is 11.3 Å². The van der Waals surface area contributed by atoms with Crippen LogP contribution in [0.15, 0.2) is 133 Å². The second-order valence-electron chi connectivity index (χ2n) is 10.5. The fraction of sp³-hybridized carbons (Fsp3) is 0.0526. The van der Waals surface area contributed by atoms with E-state index in [1.165, 1.54) is 75.1 Å². The Kier molecular flexibility index (Phi) is 5.24. The summed E-state index contributed by atoms with van der Waals surface area (Å²) in [5, 5.41) is 9.25. The number of rotatable bonds is 3. The molecular weight excluding hydrogens is 488 g/mol. The molecule has 6 aromatic carbocycles. The Morgan fingerprint density at radius 1 is 0.513 bits per heavy atom. The Bertz CT molecular complexity index is 2120. The first-order valence-corrected chi connectivity index (χ1v) is 14.5. The second-order valence-corrected chi connectivity index (χ2v) is 11.5. The van der Waals surface area contributed by atoms with E-state index in [4.69, 9.17) is 0 Å². The maximum Gasteiger partial charge on any atom is 0.0427 e. The van der Waals surface area contributed by atoms with Crippen molar-refractivity contribution in [2.75, 3.05) is 0 Å². The van der Waals surface area contributed by atoms with Crippen molar-refractivity contribution >= 4 is 59.3 Å². The lowest BCUT2D eigenvalue weighted by Gasteiger charge is -2.16. The Labute approximate surface area is 232 Å². The van der Waals surface area contributed by atoms with Gasteiger partial charge < -0.3 is 0 Å². The summed E-state index contributed by atoms with van der Waals surface area (Å²) in [6.45, 7) is 0. The molecule has 7 aromatic rings. The van der Waals surface area contributed by atoms with Crippen LogP contribution in [-0.2, 0) is 0 Å². The molecule has 1 heterocycles. The number of benzene rings is 6. The molecule has 0 amide bonds. The molecule has 0 saturated heterocycles. The van der Waals surface area contributed by atoms with E-state index in [0.717, 1.165) is 12.8 Å². The van der Waals surface area contributed by atoms with E-state index >= 15 is 0 Å². The third-order valence-electron chi connectivity index (χ3n) is 8.11. The predicted molar refractivity (Wildman–Crippen MR) is 172 cm³/mol.